The van der Waals surface area contributed by atoms with E-state index in [1.807, 2.05) is 26.8 Å². The average molecular weight is 513 g/mol. The van der Waals surface area contributed by atoms with E-state index in [0.717, 1.165) is 15.4 Å². The second kappa shape index (κ2) is 11.8. The lowest BCUT2D eigenvalue weighted by molar-refractivity contribution is -0.119. The second-order valence-corrected chi connectivity index (χ2v) is 10.3. The molecule has 0 aliphatic carbocycles. The van der Waals surface area contributed by atoms with E-state index in [1.54, 1.807) is 55.6 Å². The van der Waals surface area contributed by atoms with Gasteiger partial charge in [0.1, 0.15) is 12.3 Å². The first kappa shape index (κ1) is 26.9. The molecule has 3 aromatic carbocycles. The van der Waals surface area contributed by atoms with Crippen molar-refractivity contribution in [1.82, 2.24) is 5.32 Å². The number of amides is 1. The van der Waals surface area contributed by atoms with Crippen molar-refractivity contribution in [3.05, 3.63) is 77.9 Å². The largest absolute Gasteiger partial charge is 0.497 e. The highest BCUT2D eigenvalue weighted by atomic mass is 32.2. The minimum absolute atomic E-state index is 0.0116. The predicted molar refractivity (Wildman–Crippen MR) is 139 cm³/mol. The van der Waals surface area contributed by atoms with Crippen molar-refractivity contribution in [2.45, 2.75) is 38.3 Å². The summed E-state index contributed by atoms with van der Waals surface area (Å²) in [7, 11) is -0.976. The lowest BCUT2D eigenvalue weighted by atomic mass is 10.2. The van der Waals surface area contributed by atoms with Gasteiger partial charge in [-0.1, -0.05) is 29.8 Å². The van der Waals surface area contributed by atoms with Crippen LogP contribution in [0.4, 0.5) is 5.69 Å². The van der Waals surface area contributed by atoms with E-state index < -0.39 is 22.5 Å². The average Bonchev–Trinajstić information content (AvgIpc) is 2.86. The molecule has 0 atom stereocenters. The smallest absolute Gasteiger partial charge is 0.264 e. The van der Waals surface area contributed by atoms with Gasteiger partial charge in [0.25, 0.3) is 10.0 Å². The van der Waals surface area contributed by atoms with Crippen molar-refractivity contribution < 1.29 is 27.4 Å². The van der Waals surface area contributed by atoms with Crippen LogP contribution in [-0.2, 0) is 21.4 Å². The first-order valence-electron chi connectivity index (χ1n) is 11.5. The third kappa shape index (κ3) is 6.69. The summed E-state index contributed by atoms with van der Waals surface area (Å²) < 4.78 is 44.5. The number of rotatable bonds is 11. The normalized spacial score (nSPS) is 11.2. The molecular formula is C27H32N2O6S. The van der Waals surface area contributed by atoms with Crippen molar-refractivity contribution in [3.63, 3.8) is 0 Å². The van der Waals surface area contributed by atoms with Crippen LogP contribution in [0.25, 0.3) is 0 Å². The number of hydrogen-bond donors (Lipinski definition) is 1. The molecule has 0 aliphatic rings. The number of ether oxygens (including phenoxy) is 3. The summed E-state index contributed by atoms with van der Waals surface area (Å²) in [4.78, 5) is 13.0. The predicted octanol–water partition coefficient (Wildman–Crippen LogP) is 4.31. The summed E-state index contributed by atoms with van der Waals surface area (Å²) >= 11 is 0. The zero-order valence-corrected chi connectivity index (χ0v) is 22.0. The molecule has 0 fully saturated rings. The van der Waals surface area contributed by atoms with E-state index in [2.05, 4.69) is 5.32 Å². The summed E-state index contributed by atoms with van der Waals surface area (Å²) in [6.45, 7) is 5.50. The molecule has 0 radical (unpaired) electrons. The molecular weight excluding hydrogens is 480 g/mol. The lowest BCUT2D eigenvalue weighted by Crippen LogP contribution is -2.40. The molecule has 3 aromatic rings. The number of carbonyl (C=O) groups excluding carboxylic acids is 1. The zero-order valence-electron chi connectivity index (χ0n) is 21.1. The molecule has 36 heavy (non-hydrogen) atoms. The van der Waals surface area contributed by atoms with Crippen LogP contribution in [0.5, 0.6) is 17.2 Å². The van der Waals surface area contributed by atoms with E-state index >= 15 is 0 Å². The van der Waals surface area contributed by atoms with E-state index in [-0.39, 0.29) is 17.5 Å². The maximum Gasteiger partial charge on any atom is 0.264 e. The van der Waals surface area contributed by atoms with E-state index in [9.17, 15) is 13.2 Å². The van der Waals surface area contributed by atoms with Gasteiger partial charge < -0.3 is 19.5 Å². The number of sulfonamides is 1. The molecule has 0 unspecified atom stereocenters. The highest BCUT2D eigenvalue weighted by Crippen LogP contribution is 2.29. The van der Waals surface area contributed by atoms with E-state index in [4.69, 9.17) is 14.2 Å². The van der Waals surface area contributed by atoms with Crippen molar-refractivity contribution in [2.75, 3.05) is 25.1 Å². The number of hydrogen-bond acceptors (Lipinski definition) is 6. The fourth-order valence-corrected chi connectivity index (χ4v) is 4.89. The SMILES string of the molecule is COc1cccc(N(CC(=O)NCc2ccc(OC(C)C)c(OC)c2)S(=O)(=O)c2ccc(C)cc2)c1. The van der Waals surface area contributed by atoms with Crippen LogP contribution in [0.15, 0.2) is 71.6 Å². The Bertz CT molecular complexity index is 1290. The van der Waals surface area contributed by atoms with Crippen LogP contribution in [0.1, 0.15) is 25.0 Å². The number of nitrogens with one attached hydrogen (secondary N) is 1. The van der Waals surface area contributed by atoms with Gasteiger partial charge in [0, 0.05) is 12.6 Å². The Hall–Kier alpha value is -3.72. The topological polar surface area (TPSA) is 94.2 Å². The Labute approximate surface area is 212 Å². The van der Waals surface area contributed by atoms with Crippen LogP contribution < -0.4 is 23.8 Å². The molecule has 1 N–H and O–H groups in total. The molecule has 8 nitrogen and oxygen atoms in total. The minimum atomic E-state index is -4.02. The maximum absolute atomic E-state index is 13.5. The molecule has 0 aliphatic heterocycles. The third-order valence-electron chi connectivity index (χ3n) is 5.32. The Kier molecular flexibility index (Phi) is 8.82. The van der Waals surface area contributed by atoms with Crippen LogP contribution in [0.3, 0.4) is 0 Å². The minimum Gasteiger partial charge on any atom is -0.497 e. The zero-order chi connectivity index (χ0) is 26.3. The van der Waals surface area contributed by atoms with Gasteiger partial charge in [0.15, 0.2) is 11.5 Å². The van der Waals surface area contributed by atoms with E-state index in [0.29, 0.717) is 22.9 Å². The molecule has 1 amide bonds. The Morgan fingerprint density at radius 3 is 2.31 bits per heavy atom. The van der Waals surface area contributed by atoms with Crippen molar-refractivity contribution >= 4 is 21.6 Å². The van der Waals surface area contributed by atoms with Gasteiger partial charge in [0.2, 0.25) is 5.91 Å². The number of anilines is 1. The first-order chi connectivity index (χ1) is 17.1. The van der Waals surface area contributed by atoms with Gasteiger partial charge in [-0.05, 0) is 62.7 Å². The molecule has 0 aromatic heterocycles. The van der Waals surface area contributed by atoms with Crippen LogP contribution in [0, 0.1) is 6.92 Å². The van der Waals surface area contributed by atoms with E-state index in [1.165, 1.54) is 19.2 Å². The van der Waals surface area contributed by atoms with Crippen LogP contribution >= 0.6 is 0 Å². The number of nitrogens with zero attached hydrogens (tertiary/aromatic N) is 1. The molecule has 0 spiro atoms. The molecule has 192 valence electrons. The summed E-state index contributed by atoms with van der Waals surface area (Å²) in [5.74, 6) is 1.18. The summed E-state index contributed by atoms with van der Waals surface area (Å²) in [6, 6.07) is 18.5. The number of benzene rings is 3. The van der Waals surface area contributed by atoms with Gasteiger partial charge in [0.05, 0.1) is 30.9 Å². The fraction of sp³-hybridized carbons (Fsp3) is 0.296. The van der Waals surface area contributed by atoms with Gasteiger partial charge in [-0.25, -0.2) is 8.42 Å². The summed E-state index contributed by atoms with van der Waals surface area (Å²) in [6.07, 6.45) is -0.0116. The third-order valence-corrected chi connectivity index (χ3v) is 7.11. The fourth-order valence-electron chi connectivity index (χ4n) is 3.48. The number of carbonyl (C=O) groups is 1. The van der Waals surface area contributed by atoms with Gasteiger partial charge >= 0.3 is 0 Å². The highest BCUT2D eigenvalue weighted by molar-refractivity contribution is 7.92. The lowest BCUT2D eigenvalue weighted by Gasteiger charge is -2.24. The van der Waals surface area contributed by atoms with Gasteiger partial charge in [-0.15, -0.1) is 0 Å². The molecule has 0 saturated carbocycles. The standard InChI is InChI=1S/C27H32N2O6S/c1-19(2)35-25-14-11-21(15-26(25)34-5)17-28-27(30)18-29(22-7-6-8-23(16-22)33-4)36(31,32)24-12-9-20(3)10-13-24/h6-16,19H,17-18H2,1-5H3,(H,28,30). The molecule has 0 heterocycles. The summed E-state index contributed by atoms with van der Waals surface area (Å²) in [5.41, 5.74) is 2.03. The monoisotopic (exact) mass is 512 g/mol. The van der Waals surface area contributed by atoms with Crippen LogP contribution in [0.2, 0.25) is 0 Å². The highest BCUT2D eigenvalue weighted by Gasteiger charge is 2.27. The van der Waals surface area contributed by atoms with Gasteiger partial charge in [-0.3, -0.25) is 9.10 Å². The molecule has 0 bridgehead atoms. The summed E-state index contributed by atoms with van der Waals surface area (Å²) in [5, 5.41) is 2.80. The Morgan fingerprint density at radius 2 is 1.67 bits per heavy atom. The Balaban J connectivity index is 1.82. The van der Waals surface area contributed by atoms with Gasteiger partial charge in [-0.2, -0.15) is 0 Å². The quantitative estimate of drug-likeness (QED) is 0.412. The number of methoxy groups -OCH3 is 2. The van der Waals surface area contributed by atoms with Crippen LogP contribution in [-0.4, -0.2) is 41.2 Å². The molecule has 9 heteroatoms. The molecule has 3 rings (SSSR count). The number of aryl methyl sites for hydroxylation is 1. The van der Waals surface area contributed by atoms with Crippen molar-refractivity contribution in [1.29, 1.82) is 0 Å². The second-order valence-electron chi connectivity index (χ2n) is 8.45. The Morgan fingerprint density at radius 1 is 0.944 bits per heavy atom. The molecule has 0 saturated heterocycles. The first-order valence-corrected chi connectivity index (χ1v) is 12.9. The van der Waals surface area contributed by atoms with Crippen molar-refractivity contribution in [3.8, 4) is 17.2 Å². The van der Waals surface area contributed by atoms with Crippen molar-refractivity contribution in [2.24, 2.45) is 0 Å². The maximum atomic E-state index is 13.5.